The van der Waals surface area contributed by atoms with Crippen LogP contribution < -0.4 is 5.32 Å². The molecule has 1 amide bonds. The number of aliphatic hydroxyl groups is 1. The highest BCUT2D eigenvalue weighted by Crippen LogP contribution is 2.34. The summed E-state index contributed by atoms with van der Waals surface area (Å²) in [5.74, 6) is 0.424. The number of hydrogen-bond donors (Lipinski definition) is 2. The van der Waals surface area contributed by atoms with E-state index in [2.05, 4.69) is 10.3 Å². The molecule has 1 aromatic carbocycles. The van der Waals surface area contributed by atoms with Crippen LogP contribution in [0.1, 0.15) is 22.8 Å². The summed E-state index contributed by atoms with van der Waals surface area (Å²) in [6.45, 7) is -0.276. The lowest BCUT2D eigenvalue weighted by molar-refractivity contribution is -0.139. The number of carbonyl (C=O) groups excluding carboxylic acids is 1. The van der Waals surface area contributed by atoms with Crippen molar-refractivity contribution >= 4 is 17.7 Å². The number of amides is 1. The number of alkyl halides is 3. The molecule has 0 aliphatic heterocycles. The van der Waals surface area contributed by atoms with Crippen molar-refractivity contribution in [1.82, 2.24) is 10.3 Å². The lowest BCUT2D eigenvalue weighted by Gasteiger charge is -2.17. The number of aromatic nitrogens is 1. The van der Waals surface area contributed by atoms with Gasteiger partial charge in [-0.2, -0.15) is 13.2 Å². The molecule has 0 fully saturated rings. The molecule has 0 aliphatic carbocycles. The van der Waals surface area contributed by atoms with E-state index in [1.54, 1.807) is 12.4 Å². The Balaban J connectivity index is 1.82. The molecule has 1 heterocycles. The van der Waals surface area contributed by atoms with Gasteiger partial charge in [0.2, 0.25) is 5.91 Å². The fraction of sp³-hybridized carbons (Fsp3) is 0.294. The Morgan fingerprint density at radius 2 is 1.88 bits per heavy atom. The highest BCUT2D eigenvalue weighted by Gasteiger charge is 2.34. The van der Waals surface area contributed by atoms with E-state index in [0.29, 0.717) is 5.75 Å². The van der Waals surface area contributed by atoms with Crippen LogP contribution >= 0.6 is 11.8 Å². The van der Waals surface area contributed by atoms with Crippen LogP contribution in [-0.4, -0.2) is 28.3 Å². The average Bonchev–Trinajstić information content (AvgIpc) is 2.60. The Bertz CT molecular complexity index is 696. The molecule has 2 N–H and O–H groups in total. The first-order valence-corrected chi connectivity index (χ1v) is 8.61. The number of rotatable bonds is 7. The third-order valence-corrected chi connectivity index (χ3v) is 4.37. The third kappa shape index (κ3) is 6.06. The Morgan fingerprint density at radius 3 is 2.56 bits per heavy atom. The molecule has 0 bridgehead atoms. The van der Waals surface area contributed by atoms with Crippen LogP contribution in [0.3, 0.4) is 0 Å². The van der Waals surface area contributed by atoms with Crippen LogP contribution in [-0.2, 0) is 16.7 Å². The van der Waals surface area contributed by atoms with E-state index in [-0.39, 0.29) is 23.8 Å². The number of benzene rings is 1. The molecule has 0 aliphatic rings. The molecule has 134 valence electrons. The van der Waals surface area contributed by atoms with E-state index >= 15 is 0 Å². The topological polar surface area (TPSA) is 62.2 Å². The van der Waals surface area contributed by atoms with Crippen molar-refractivity contribution in [3.63, 3.8) is 0 Å². The van der Waals surface area contributed by atoms with Crippen molar-refractivity contribution in [2.24, 2.45) is 0 Å². The van der Waals surface area contributed by atoms with E-state index < -0.39 is 17.8 Å². The zero-order valence-electron chi connectivity index (χ0n) is 13.2. The summed E-state index contributed by atoms with van der Waals surface area (Å²) in [5, 5.41) is 12.4. The second-order valence-corrected chi connectivity index (χ2v) is 6.24. The zero-order chi connectivity index (χ0) is 18.3. The predicted molar refractivity (Wildman–Crippen MR) is 89.8 cm³/mol. The molecule has 2 rings (SSSR count). The van der Waals surface area contributed by atoms with E-state index in [1.165, 1.54) is 30.0 Å². The summed E-state index contributed by atoms with van der Waals surface area (Å²) >= 11 is 1.37. The van der Waals surface area contributed by atoms with Gasteiger partial charge in [0.15, 0.2) is 0 Å². The molecule has 0 saturated carbocycles. The third-order valence-electron chi connectivity index (χ3n) is 3.37. The van der Waals surface area contributed by atoms with Crippen molar-refractivity contribution in [2.75, 3.05) is 12.3 Å². The number of hydrogen-bond acceptors (Lipinski definition) is 4. The van der Waals surface area contributed by atoms with Gasteiger partial charge < -0.3 is 10.4 Å². The van der Waals surface area contributed by atoms with E-state index in [0.717, 1.165) is 11.6 Å². The van der Waals surface area contributed by atoms with Gasteiger partial charge in [0.1, 0.15) is 0 Å². The molecule has 8 heteroatoms. The molecule has 4 nitrogen and oxygen atoms in total. The highest BCUT2D eigenvalue weighted by molar-refractivity contribution is 7.99. The van der Waals surface area contributed by atoms with Crippen molar-refractivity contribution in [2.45, 2.75) is 18.0 Å². The largest absolute Gasteiger partial charge is 0.416 e. The van der Waals surface area contributed by atoms with Crippen LogP contribution in [0.2, 0.25) is 0 Å². The summed E-state index contributed by atoms with van der Waals surface area (Å²) in [6, 6.07) is 8.46. The fourth-order valence-corrected chi connectivity index (χ4v) is 2.98. The van der Waals surface area contributed by atoms with E-state index in [9.17, 15) is 23.1 Å². The van der Waals surface area contributed by atoms with Gasteiger partial charge in [-0.05, 0) is 29.3 Å². The Hall–Kier alpha value is -2.06. The number of thioether (sulfide) groups is 1. The number of halogens is 3. The van der Waals surface area contributed by atoms with Crippen molar-refractivity contribution in [3.8, 4) is 0 Å². The summed E-state index contributed by atoms with van der Waals surface area (Å²) in [7, 11) is 0. The zero-order valence-corrected chi connectivity index (χ0v) is 14.0. The maximum Gasteiger partial charge on any atom is 0.416 e. The summed E-state index contributed by atoms with van der Waals surface area (Å²) in [6.07, 6.45) is -2.66. The second kappa shape index (κ2) is 8.87. The lowest BCUT2D eigenvalue weighted by Crippen LogP contribution is -2.30. The number of carbonyl (C=O) groups is 1. The smallest absolute Gasteiger partial charge is 0.387 e. The first-order chi connectivity index (χ1) is 11.9. The Morgan fingerprint density at radius 1 is 1.20 bits per heavy atom. The van der Waals surface area contributed by atoms with Gasteiger partial charge in [0.25, 0.3) is 0 Å². The van der Waals surface area contributed by atoms with Crippen molar-refractivity contribution in [3.05, 3.63) is 65.5 Å². The minimum Gasteiger partial charge on any atom is -0.387 e. The monoisotopic (exact) mass is 370 g/mol. The van der Waals surface area contributed by atoms with Crippen molar-refractivity contribution < 1.29 is 23.1 Å². The van der Waals surface area contributed by atoms with Crippen LogP contribution in [0.25, 0.3) is 0 Å². The molecule has 0 spiro atoms. The molecule has 0 saturated heterocycles. The predicted octanol–water partition coefficient (Wildman–Crippen LogP) is 3.18. The average molecular weight is 370 g/mol. The van der Waals surface area contributed by atoms with Gasteiger partial charge in [0, 0.05) is 24.7 Å². The molecule has 1 atom stereocenters. The van der Waals surface area contributed by atoms with Crippen LogP contribution in [0.4, 0.5) is 13.2 Å². The fourth-order valence-electron chi connectivity index (χ4n) is 2.16. The normalized spacial score (nSPS) is 12.6. The van der Waals surface area contributed by atoms with Gasteiger partial charge in [-0.25, -0.2) is 0 Å². The molecular formula is C17H17F3N2O2S. The number of aliphatic hydroxyl groups excluding tert-OH is 1. The Labute approximate surface area is 147 Å². The maximum absolute atomic E-state index is 12.9. The molecule has 0 radical (unpaired) electrons. The number of nitrogens with zero attached hydrogens (tertiary/aromatic N) is 1. The quantitative estimate of drug-likeness (QED) is 0.786. The minimum absolute atomic E-state index is 0.149. The van der Waals surface area contributed by atoms with E-state index in [1.807, 2.05) is 12.1 Å². The molecule has 0 unspecified atom stereocenters. The van der Waals surface area contributed by atoms with Gasteiger partial charge in [0.05, 0.1) is 17.4 Å². The summed E-state index contributed by atoms with van der Waals surface area (Å²) < 4.78 is 38.8. The molecule has 1 aromatic heterocycles. The Kier molecular flexibility index (Phi) is 6.83. The maximum atomic E-state index is 12.9. The summed E-state index contributed by atoms with van der Waals surface area (Å²) in [5.41, 5.74) is -0.129. The number of pyridine rings is 1. The highest BCUT2D eigenvalue weighted by atomic mass is 32.2. The first-order valence-electron chi connectivity index (χ1n) is 7.45. The second-order valence-electron chi connectivity index (χ2n) is 5.25. The SMILES string of the molecule is O=C(CSCc1ccncc1)NC[C@H](O)c1ccccc1C(F)(F)F. The van der Waals surface area contributed by atoms with E-state index in [4.69, 9.17) is 0 Å². The van der Waals surface area contributed by atoms with Gasteiger partial charge in [-0.1, -0.05) is 18.2 Å². The van der Waals surface area contributed by atoms with Crippen LogP contribution in [0, 0.1) is 0 Å². The first kappa shape index (κ1) is 19.3. The minimum atomic E-state index is -4.55. The van der Waals surface area contributed by atoms with Gasteiger partial charge >= 0.3 is 6.18 Å². The molecule has 2 aromatic rings. The lowest BCUT2D eigenvalue weighted by atomic mass is 10.0. The summed E-state index contributed by atoms with van der Waals surface area (Å²) in [4.78, 5) is 15.7. The number of nitrogens with one attached hydrogen (secondary N) is 1. The van der Waals surface area contributed by atoms with Crippen LogP contribution in [0.5, 0.6) is 0 Å². The standard InChI is InChI=1S/C17H17F3N2O2S/c18-17(19,20)14-4-2-1-3-13(14)15(23)9-22-16(24)11-25-10-12-5-7-21-8-6-12/h1-8,15,23H,9-11H2,(H,22,24)/t15-/m0/s1. The van der Waals surface area contributed by atoms with Gasteiger partial charge in [-0.3, -0.25) is 9.78 Å². The molecule has 25 heavy (non-hydrogen) atoms. The van der Waals surface area contributed by atoms with Crippen molar-refractivity contribution in [1.29, 1.82) is 0 Å². The molecular weight excluding hydrogens is 353 g/mol. The van der Waals surface area contributed by atoms with Crippen LogP contribution in [0.15, 0.2) is 48.8 Å². The van der Waals surface area contributed by atoms with Gasteiger partial charge in [-0.15, -0.1) is 11.8 Å².